The number of halogens is 2. The number of aromatic nitrogens is 2. The highest BCUT2D eigenvalue weighted by atomic mass is 32.2. The average molecular weight is 613 g/mol. The number of hydrogen-bond acceptors (Lipinski definition) is 7. The lowest BCUT2D eigenvalue weighted by Gasteiger charge is -2.60. The van der Waals surface area contributed by atoms with Crippen LogP contribution in [0.2, 0.25) is 0 Å². The minimum atomic E-state index is -1.43. The van der Waals surface area contributed by atoms with E-state index < -0.39 is 40.7 Å². The summed E-state index contributed by atoms with van der Waals surface area (Å²) in [6, 6.07) is 3.73. The number of alkyl halides is 1. The molecule has 0 bridgehead atoms. The van der Waals surface area contributed by atoms with Crippen molar-refractivity contribution in [2.75, 3.05) is 6.01 Å². The smallest absolute Gasteiger partial charge is 0.309 e. The fourth-order valence-electron chi connectivity index (χ4n) is 9.48. The summed E-state index contributed by atoms with van der Waals surface area (Å²) in [7, 11) is 0. The molecule has 2 N–H and O–H groups in total. The normalized spacial score (nSPS) is 36.2. The molecule has 2 aromatic rings. The third-order valence-corrected chi connectivity index (χ3v) is 12.4. The second-order valence-corrected chi connectivity index (χ2v) is 14.7. The minimum absolute atomic E-state index is 0.0516. The number of thioether (sulfide) groups is 1. The fourth-order valence-corrected chi connectivity index (χ4v) is 10.2. The van der Waals surface area contributed by atoms with Gasteiger partial charge in [-0.15, -0.1) is 0 Å². The van der Waals surface area contributed by atoms with E-state index in [0.717, 1.165) is 36.9 Å². The number of carbonyl (C=O) groups excluding carboxylic acids is 2. The van der Waals surface area contributed by atoms with Gasteiger partial charge in [-0.25, -0.2) is 13.5 Å². The van der Waals surface area contributed by atoms with Gasteiger partial charge in [0, 0.05) is 11.0 Å². The molecule has 4 fully saturated rings. The van der Waals surface area contributed by atoms with Crippen LogP contribution in [0.4, 0.5) is 8.78 Å². The number of hydrogen-bond donors (Lipinski definition) is 2. The van der Waals surface area contributed by atoms with Crippen molar-refractivity contribution in [3.8, 4) is 5.69 Å². The van der Waals surface area contributed by atoms with Crippen molar-refractivity contribution >= 4 is 28.9 Å². The van der Waals surface area contributed by atoms with Crippen molar-refractivity contribution in [1.29, 1.82) is 0 Å². The van der Waals surface area contributed by atoms with Crippen LogP contribution in [-0.2, 0) is 27.4 Å². The van der Waals surface area contributed by atoms with Crippen molar-refractivity contribution < 1.29 is 33.3 Å². The van der Waals surface area contributed by atoms with Gasteiger partial charge < -0.3 is 14.9 Å². The average Bonchev–Trinajstić information content (AvgIpc) is 3.69. The maximum atomic E-state index is 14.1. The molecule has 1 heterocycles. The van der Waals surface area contributed by atoms with Crippen LogP contribution in [0.15, 0.2) is 30.0 Å². The third-order valence-electron chi connectivity index (χ3n) is 11.7. The van der Waals surface area contributed by atoms with Gasteiger partial charge in [-0.1, -0.05) is 19.4 Å². The number of carbonyl (C=O) groups is 2. The van der Waals surface area contributed by atoms with Crippen molar-refractivity contribution in [3.63, 3.8) is 0 Å². The van der Waals surface area contributed by atoms with E-state index in [9.17, 15) is 28.6 Å². The zero-order valence-corrected chi connectivity index (χ0v) is 25.3. The van der Waals surface area contributed by atoms with Gasteiger partial charge in [0.2, 0.25) is 5.12 Å². The molecule has 0 amide bonds. The maximum Gasteiger partial charge on any atom is 0.309 e. The number of nitrogens with zero attached hydrogens (tertiary/aromatic N) is 2. The van der Waals surface area contributed by atoms with Crippen LogP contribution in [0.25, 0.3) is 11.8 Å². The van der Waals surface area contributed by atoms with Gasteiger partial charge in [0.1, 0.15) is 11.8 Å². The molecule has 0 spiro atoms. The predicted molar refractivity (Wildman–Crippen MR) is 157 cm³/mol. The molecular weight excluding hydrogens is 574 g/mol. The Labute approximate surface area is 254 Å². The van der Waals surface area contributed by atoms with Crippen LogP contribution in [0, 0.1) is 40.3 Å². The lowest BCUT2D eigenvalue weighted by atomic mass is 9.45. The first-order valence-corrected chi connectivity index (χ1v) is 16.4. The van der Waals surface area contributed by atoms with Crippen LogP contribution in [0.1, 0.15) is 75.6 Å². The summed E-state index contributed by atoms with van der Waals surface area (Å²) in [6.45, 7) is 3.81. The SMILES string of the molecule is C[C@]12Cc3cnn(-c4ccc(F)c(CO)c4)c3C=C1CC[C@@H]1[C@@H]2[C@@H](O)C[C@@]2(C)[C@H]1CC[C@]2(OC(=O)C1CC1)C(=O)SCF. The summed E-state index contributed by atoms with van der Waals surface area (Å²) in [6.07, 6.45) is 8.46. The second-order valence-electron chi connectivity index (χ2n) is 13.8. The van der Waals surface area contributed by atoms with Crippen LogP contribution >= 0.6 is 11.8 Å². The number of benzene rings is 1. The summed E-state index contributed by atoms with van der Waals surface area (Å²) in [5, 5.41) is 25.8. The van der Waals surface area contributed by atoms with Crippen molar-refractivity contribution in [2.45, 2.75) is 83.5 Å². The minimum Gasteiger partial charge on any atom is -0.449 e. The Balaban J connectivity index is 1.22. The molecular formula is C33H38F2N2O5S. The molecule has 43 heavy (non-hydrogen) atoms. The zero-order valence-electron chi connectivity index (χ0n) is 24.5. The molecule has 7 rings (SSSR count). The first-order chi connectivity index (χ1) is 20.6. The third kappa shape index (κ3) is 4.22. The van der Waals surface area contributed by atoms with E-state index in [1.54, 1.807) is 16.8 Å². The maximum absolute atomic E-state index is 14.1. The van der Waals surface area contributed by atoms with E-state index >= 15 is 0 Å². The van der Waals surface area contributed by atoms with Crippen LogP contribution < -0.4 is 0 Å². The quantitative estimate of drug-likeness (QED) is 0.414. The van der Waals surface area contributed by atoms with Gasteiger partial charge >= 0.3 is 5.97 Å². The topological polar surface area (TPSA) is 102 Å². The fraction of sp³-hybridized carbons (Fsp3) is 0.606. The predicted octanol–water partition coefficient (Wildman–Crippen LogP) is 5.54. The number of aliphatic hydroxyl groups is 2. The molecule has 1 aromatic heterocycles. The Morgan fingerprint density at radius 1 is 1.21 bits per heavy atom. The van der Waals surface area contributed by atoms with Crippen molar-refractivity contribution in [2.24, 2.45) is 34.5 Å². The lowest BCUT2D eigenvalue weighted by Crippen LogP contribution is -2.62. The molecule has 0 aliphatic heterocycles. The van der Waals surface area contributed by atoms with Crippen molar-refractivity contribution in [1.82, 2.24) is 9.78 Å². The molecule has 7 nitrogen and oxygen atoms in total. The molecule has 5 aliphatic carbocycles. The van der Waals surface area contributed by atoms with Crippen LogP contribution in [0.3, 0.4) is 0 Å². The highest BCUT2D eigenvalue weighted by molar-refractivity contribution is 8.13. The van der Waals surface area contributed by atoms with Crippen molar-refractivity contribution in [3.05, 3.63) is 52.6 Å². The van der Waals surface area contributed by atoms with Gasteiger partial charge in [-0.05, 0) is 116 Å². The first-order valence-electron chi connectivity index (χ1n) is 15.4. The number of ether oxygens (including phenoxy) is 1. The molecule has 5 aliphatic rings. The summed E-state index contributed by atoms with van der Waals surface area (Å²) >= 11 is 0.582. The summed E-state index contributed by atoms with van der Waals surface area (Å²) in [4.78, 5) is 26.6. The van der Waals surface area contributed by atoms with Gasteiger partial charge in [-0.3, -0.25) is 9.59 Å². The molecule has 0 radical (unpaired) electrons. The monoisotopic (exact) mass is 612 g/mol. The lowest BCUT2D eigenvalue weighted by molar-refractivity contribution is -0.197. The second kappa shape index (κ2) is 10.2. The van der Waals surface area contributed by atoms with E-state index in [-0.39, 0.29) is 40.6 Å². The van der Waals surface area contributed by atoms with Gasteiger partial charge in [0.15, 0.2) is 5.60 Å². The summed E-state index contributed by atoms with van der Waals surface area (Å²) in [5.41, 5.74) is 1.54. The Kier molecular flexibility index (Phi) is 6.95. The number of esters is 1. The van der Waals surface area contributed by atoms with Crippen LogP contribution in [0.5, 0.6) is 0 Å². The molecule has 230 valence electrons. The molecule has 0 saturated heterocycles. The molecule has 0 unspecified atom stereocenters. The number of rotatable bonds is 6. The molecule has 4 saturated carbocycles. The standard InChI is InChI=1S/C33H38F2N2O5S/c1-31-13-20-15-36-37(22-6-8-25(35)19(11-22)16-38)26(20)12-21(31)5-7-23-24-9-10-33(30(41)43-17-34,42-29(40)18-3-4-18)32(24,2)14-27(39)28(23)31/h6,8,11-12,15,18,23-24,27-28,38-39H,3-5,7,9-10,13-14,16-17H2,1-2H3/t23-,24-,27-,28+,31-,32-,33-/m0/s1. The Morgan fingerprint density at radius 3 is 2.72 bits per heavy atom. The first kappa shape index (κ1) is 29.2. The number of fused-ring (bicyclic) bond motifs is 6. The molecule has 7 atom stereocenters. The summed E-state index contributed by atoms with van der Waals surface area (Å²) < 4.78 is 35.5. The number of allylic oxidation sites excluding steroid dienone is 1. The van der Waals surface area contributed by atoms with E-state index in [4.69, 9.17) is 4.74 Å². The zero-order chi connectivity index (χ0) is 30.3. The van der Waals surface area contributed by atoms with E-state index in [1.807, 2.05) is 13.1 Å². The van der Waals surface area contributed by atoms with Gasteiger partial charge in [0.25, 0.3) is 0 Å². The van der Waals surface area contributed by atoms with E-state index in [2.05, 4.69) is 18.1 Å². The Bertz CT molecular complexity index is 1520. The van der Waals surface area contributed by atoms with Crippen LogP contribution in [-0.4, -0.2) is 48.8 Å². The molecule has 1 aromatic carbocycles. The Morgan fingerprint density at radius 2 is 2.00 bits per heavy atom. The van der Waals surface area contributed by atoms with E-state index in [0.29, 0.717) is 43.1 Å². The molecule has 10 heteroatoms. The van der Waals surface area contributed by atoms with Gasteiger partial charge in [0.05, 0.1) is 36.2 Å². The van der Waals surface area contributed by atoms with Gasteiger partial charge in [-0.2, -0.15) is 5.10 Å². The highest BCUT2D eigenvalue weighted by Gasteiger charge is 2.71. The number of aliphatic hydroxyl groups excluding tert-OH is 2. The summed E-state index contributed by atoms with van der Waals surface area (Å²) in [5.74, 6) is -0.910. The van der Waals surface area contributed by atoms with E-state index in [1.165, 1.54) is 11.6 Å². The largest absolute Gasteiger partial charge is 0.449 e. The Hall–Kier alpha value is -2.56. The highest BCUT2D eigenvalue weighted by Crippen LogP contribution is 2.69.